The van der Waals surface area contributed by atoms with Crippen LogP contribution < -0.4 is 16.0 Å². The molecule has 4 rings (SSSR count). The van der Waals surface area contributed by atoms with Gasteiger partial charge in [0.25, 0.3) is 0 Å². The number of halogens is 5. The second-order valence-electron chi connectivity index (χ2n) is 12.5. The van der Waals surface area contributed by atoms with Crippen LogP contribution in [0.5, 0.6) is 0 Å². The number of carbonyl (C=O) groups excluding carboxylic acids is 4. The number of alkyl halides is 3. The quantitative estimate of drug-likeness (QED) is 0.445. The van der Waals surface area contributed by atoms with Crippen LogP contribution in [0.15, 0.2) is 12.1 Å². The first-order valence-electron chi connectivity index (χ1n) is 13.0. The molecule has 1 aromatic carbocycles. The van der Waals surface area contributed by atoms with E-state index in [4.69, 9.17) is 23.2 Å². The molecule has 0 bridgehead atoms. The molecule has 2 heterocycles. The standard InChI is InChI=1S/C27H30Cl2F3N5O4/c1-25(2,3)20(36-24(41)27(30,31)32)23(40)37-10-15-17(26(15,4)5)19(37)22(39)34-12(9-33)8-14-13-6-11(28)7-16(29)18(13)35-21(14)38/h6-7,12,14-15,17,19-20H,8,10H2,1-5H3,(H,34,39)(H,35,38)(H,36,41)/t12-,14?,15-,17-,19-,20+/m0/s1. The summed E-state index contributed by atoms with van der Waals surface area (Å²) in [6, 6.07) is 1.21. The topological polar surface area (TPSA) is 131 Å². The molecule has 0 spiro atoms. The number of likely N-dealkylation sites (tertiary alicyclic amines) is 1. The first-order chi connectivity index (χ1) is 18.8. The van der Waals surface area contributed by atoms with Gasteiger partial charge in [-0.3, -0.25) is 19.2 Å². The number of anilines is 1. The van der Waals surface area contributed by atoms with Crippen LogP contribution in [0.4, 0.5) is 18.9 Å². The molecular weight excluding hydrogens is 586 g/mol. The van der Waals surface area contributed by atoms with Crippen LogP contribution in [0.2, 0.25) is 10.0 Å². The number of fused-ring (bicyclic) bond motifs is 2. The number of nitriles is 1. The molecular formula is C27H30Cl2F3N5O4. The Kier molecular flexibility index (Phi) is 7.80. The Labute approximate surface area is 245 Å². The van der Waals surface area contributed by atoms with E-state index in [-0.39, 0.29) is 35.2 Å². The monoisotopic (exact) mass is 615 g/mol. The van der Waals surface area contributed by atoms with Gasteiger partial charge < -0.3 is 20.9 Å². The van der Waals surface area contributed by atoms with Crippen LogP contribution in [0.3, 0.4) is 0 Å². The zero-order valence-electron chi connectivity index (χ0n) is 23.0. The highest BCUT2D eigenvalue weighted by Gasteiger charge is 2.70. The zero-order chi connectivity index (χ0) is 30.8. The Morgan fingerprint density at radius 3 is 2.39 bits per heavy atom. The van der Waals surface area contributed by atoms with E-state index in [2.05, 4.69) is 10.6 Å². The van der Waals surface area contributed by atoms with Crippen LogP contribution in [-0.4, -0.2) is 59.4 Å². The zero-order valence-corrected chi connectivity index (χ0v) is 24.5. The van der Waals surface area contributed by atoms with Crippen LogP contribution in [0.25, 0.3) is 0 Å². The Bertz CT molecular complexity index is 1350. The molecule has 14 heteroatoms. The van der Waals surface area contributed by atoms with Crippen molar-refractivity contribution in [3.05, 3.63) is 27.7 Å². The summed E-state index contributed by atoms with van der Waals surface area (Å²) in [5.41, 5.74) is -0.581. The smallest absolute Gasteiger partial charge is 0.339 e. The van der Waals surface area contributed by atoms with Crippen molar-refractivity contribution in [2.75, 3.05) is 11.9 Å². The van der Waals surface area contributed by atoms with Gasteiger partial charge in [0.15, 0.2) is 0 Å². The van der Waals surface area contributed by atoms with E-state index >= 15 is 0 Å². The van der Waals surface area contributed by atoms with Crippen molar-refractivity contribution < 1.29 is 32.3 Å². The van der Waals surface area contributed by atoms with Crippen LogP contribution in [-0.2, 0) is 19.2 Å². The third kappa shape index (κ3) is 5.71. The fourth-order valence-electron chi connectivity index (χ4n) is 6.06. The Hall–Kier alpha value is -3.04. The van der Waals surface area contributed by atoms with Crippen molar-refractivity contribution in [3.63, 3.8) is 0 Å². The number of hydrogen-bond donors (Lipinski definition) is 3. The SMILES string of the molecule is CC(C)(C)[C@H](NC(=O)C(F)(F)F)C(=O)N1C[C@H]2[C@@H]([C@H]1C(=O)N[C@H](C#N)CC1C(=O)Nc3c(Cl)cc(Cl)cc31)C2(C)C. The van der Waals surface area contributed by atoms with E-state index in [0.717, 1.165) is 0 Å². The fraction of sp³-hybridized carbons (Fsp3) is 0.593. The van der Waals surface area contributed by atoms with Gasteiger partial charge in [0.05, 0.1) is 22.7 Å². The summed E-state index contributed by atoms with van der Waals surface area (Å²) < 4.78 is 39.2. The van der Waals surface area contributed by atoms with Crippen LogP contribution in [0, 0.1) is 34.0 Å². The molecule has 1 saturated heterocycles. The van der Waals surface area contributed by atoms with Gasteiger partial charge in [0, 0.05) is 11.6 Å². The maximum Gasteiger partial charge on any atom is 0.471 e. The molecule has 2 fully saturated rings. The van der Waals surface area contributed by atoms with Gasteiger partial charge in [-0.15, -0.1) is 0 Å². The molecule has 41 heavy (non-hydrogen) atoms. The summed E-state index contributed by atoms with van der Waals surface area (Å²) in [5, 5.41) is 17.5. The van der Waals surface area contributed by atoms with E-state index in [0.29, 0.717) is 16.3 Å². The van der Waals surface area contributed by atoms with E-state index in [1.54, 1.807) is 11.4 Å². The Balaban J connectivity index is 1.56. The average molecular weight is 616 g/mol. The lowest BCUT2D eigenvalue weighted by Gasteiger charge is -2.37. The normalized spacial score (nSPS) is 25.8. The molecule has 1 saturated carbocycles. The summed E-state index contributed by atoms with van der Waals surface area (Å²) in [5.74, 6) is -5.40. The number of hydrogen-bond acceptors (Lipinski definition) is 5. The maximum atomic E-state index is 13.7. The van der Waals surface area contributed by atoms with Gasteiger partial charge in [0.1, 0.15) is 18.1 Å². The van der Waals surface area contributed by atoms with Gasteiger partial charge in [0.2, 0.25) is 17.7 Å². The van der Waals surface area contributed by atoms with Crippen molar-refractivity contribution in [1.29, 1.82) is 5.26 Å². The lowest BCUT2D eigenvalue weighted by atomic mass is 9.85. The molecule has 3 N–H and O–H groups in total. The van der Waals surface area contributed by atoms with Crippen LogP contribution >= 0.6 is 23.2 Å². The molecule has 3 aliphatic rings. The maximum absolute atomic E-state index is 13.7. The molecule has 4 amide bonds. The molecule has 0 radical (unpaired) electrons. The summed E-state index contributed by atoms with van der Waals surface area (Å²) in [6.07, 6.45) is -5.31. The second kappa shape index (κ2) is 10.3. The Morgan fingerprint density at radius 2 is 1.83 bits per heavy atom. The number of amides is 4. The van der Waals surface area contributed by atoms with Gasteiger partial charge in [-0.05, 0) is 46.8 Å². The highest BCUT2D eigenvalue weighted by Crippen LogP contribution is 2.65. The molecule has 1 unspecified atom stereocenters. The van der Waals surface area contributed by atoms with Crippen molar-refractivity contribution in [2.45, 2.75) is 71.3 Å². The average Bonchev–Trinajstić information content (AvgIpc) is 3.15. The minimum Gasteiger partial charge on any atom is -0.339 e. The molecule has 0 aromatic heterocycles. The number of benzene rings is 1. The van der Waals surface area contributed by atoms with E-state index in [9.17, 15) is 37.6 Å². The summed E-state index contributed by atoms with van der Waals surface area (Å²) >= 11 is 12.3. The van der Waals surface area contributed by atoms with Crippen molar-refractivity contribution in [3.8, 4) is 6.07 Å². The minimum atomic E-state index is -5.20. The van der Waals surface area contributed by atoms with Gasteiger partial charge >= 0.3 is 12.1 Å². The Morgan fingerprint density at radius 1 is 1.20 bits per heavy atom. The van der Waals surface area contributed by atoms with Crippen molar-refractivity contribution >= 4 is 52.5 Å². The van der Waals surface area contributed by atoms with Crippen molar-refractivity contribution in [2.24, 2.45) is 22.7 Å². The van der Waals surface area contributed by atoms with E-state index in [1.165, 1.54) is 31.7 Å². The lowest BCUT2D eigenvalue weighted by molar-refractivity contribution is -0.176. The number of carbonyl (C=O) groups is 4. The fourth-order valence-corrected chi connectivity index (χ4v) is 6.62. The lowest BCUT2D eigenvalue weighted by Crippen LogP contribution is -2.61. The largest absolute Gasteiger partial charge is 0.471 e. The molecule has 2 aliphatic heterocycles. The molecule has 9 nitrogen and oxygen atoms in total. The van der Waals surface area contributed by atoms with Gasteiger partial charge in [-0.25, -0.2) is 0 Å². The molecule has 222 valence electrons. The summed E-state index contributed by atoms with van der Waals surface area (Å²) in [6.45, 7) is 8.48. The second-order valence-corrected chi connectivity index (χ2v) is 13.3. The third-order valence-electron chi connectivity index (χ3n) is 8.38. The predicted molar refractivity (Wildman–Crippen MR) is 144 cm³/mol. The van der Waals surface area contributed by atoms with Gasteiger partial charge in [-0.1, -0.05) is 57.8 Å². The summed E-state index contributed by atoms with van der Waals surface area (Å²) in [4.78, 5) is 53.0. The minimum absolute atomic E-state index is 0.0987. The number of nitrogens with one attached hydrogen (secondary N) is 3. The predicted octanol–water partition coefficient (Wildman–Crippen LogP) is 4.00. The molecule has 6 atom stereocenters. The van der Waals surface area contributed by atoms with Crippen molar-refractivity contribution in [1.82, 2.24) is 15.5 Å². The summed E-state index contributed by atoms with van der Waals surface area (Å²) in [7, 11) is 0. The number of piperidine rings is 1. The molecule has 1 aromatic rings. The van der Waals surface area contributed by atoms with E-state index < -0.39 is 59.3 Å². The first-order valence-corrected chi connectivity index (χ1v) is 13.7. The number of rotatable bonds is 6. The highest BCUT2D eigenvalue weighted by atomic mass is 35.5. The third-order valence-corrected chi connectivity index (χ3v) is 8.89. The molecule has 1 aliphatic carbocycles. The van der Waals surface area contributed by atoms with Crippen LogP contribution in [0.1, 0.15) is 52.5 Å². The van der Waals surface area contributed by atoms with Gasteiger partial charge in [-0.2, -0.15) is 18.4 Å². The number of nitrogens with zero attached hydrogens (tertiary/aromatic N) is 2. The first kappa shape index (κ1) is 30.9. The highest BCUT2D eigenvalue weighted by molar-refractivity contribution is 6.37. The van der Waals surface area contributed by atoms with E-state index in [1.807, 2.05) is 19.9 Å².